The van der Waals surface area contributed by atoms with Gasteiger partial charge in [0.1, 0.15) is 0 Å². The van der Waals surface area contributed by atoms with E-state index in [0.29, 0.717) is 0 Å². The zero-order valence-electron chi connectivity index (χ0n) is 4.36. The summed E-state index contributed by atoms with van der Waals surface area (Å²) in [4.78, 5) is 6.88. The van der Waals surface area contributed by atoms with E-state index in [1.165, 1.54) is 0 Å². The van der Waals surface area contributed by atoms with Crippen LogP contribution in [-0.4, -0.2) is 9.97 Å². The third-order valence-corrected chi connectivity index (χ3v) is 0.566. The van der Waals surface area contributed by atoms with Gasteiger partial charge in [-0.3, -0.25) is 4.98 Å². The van der Waals surface area contributed by atoms with Crippen LogP contribution in [0.25, 0.3) is 0 Å². The van der Waals surface area contributed by atoms with Crippen molar-refractivity contribution in [3.8, 4) is 0 Å². The molecule has 1 aromatic rings. The van der Waals surface area contributed by atoms with Gasteiger partial charge in [0, 0.05) is 12.4 Å². The van der Waals surface area contributed by atoms with Crippen molar-refractivity contribution in [3.05, 3.63) is 30.6 Å². The largest absolute Gasteiger partial charge is 0.265 e. The fraction of sp³-hybridized carbons (Fsp3) is 0. The molecule has 0 aliphatic heterocycles. The molecule has 0 saturated carbocycles. The van der Waals surface area contributed by atoms with Gasteiger partial charge in [-0.25, -0.2) is 0 Å². The first kappa shape index (κ1) is 7.68. The van der Waals surface area contributed by atoms with Crippen molar-refractivity contribution in [2.75, 3.05) is 0 Å². The Morgan fingerprint density at radius 3 is 1.62 bits per heavy atom. The molecule has 1 heterocycles. The Labute approximate surface area is 59.7 Å². The number of hydrogen-bond acceptors (Lipinski definition) is 1. The molecule has 0 saturated heterocycles. The molecule has 0 aliphatic carbocycles. The first-order valence-electron chi connectivity index (χ1n) is 2.07. The van der Waals surface area contributed by atoms with E-state index in [0.717, 1.165) is 0 Å². The summed E-state index contributed by atoms with van der Waals surface area (Å²) < 4.78 is 0. The van der Waals surface area contributed by atoms with E-state index in [1.807, 2.05) is 18.2 Å². The smallest absolute Gasteiger partial charge is 0.0267 e. The molecule has 0 aromatic carbocycles. The van der Waals surface area contributed by atoms with Crippen LogP contribution in [0.3, 0.4) is 0 Å². The van der Waals surface area contributed by atoms with E-state index < -0.39 is 0 Å². The van der Waals surface area contributed by atoms with Gasteiger partial charge in [-0.05, 0) is 12.1 Å². The molecule has 0 bridgehead atoms. The molecule has 0 N–H and O–H groups in total. The van der Waals surface area contributed by atoms with Gasteiger partial charge in [0.25, 0.3) is 0 Å². The van der Waals surface area contributed by atoms with Gasteiger partial charge >= 0.3 is 23.7 Å². The van der Waals surface area contributed by atoms with E-state index in [9.17, 15) is 0 Å². The Morgan fingerprint density at radius 1 is 1.00 bits per heavy atom. The zero-order chi connectivity index (χ0) is 6.24. The minimum absolute atomic E-state index is 1.75. The Bertz CT molecular complexity index is 91.4. The molecular weight excluding hydrogens is 192 g/mol. The number of rotatable bonds is 0. The third kappa shape index (κ3) is 3.86. The number of aromatic nitrogens is 1. The summed E-state index contributed by atoms with van der Waals surface area (Å²) in [7, 11) is 0. The molecule has 0 spiro atoms. The topological polar surface area (TPSA) is 12.9 Å². The quantitative estimate of drug-likeness (QED) is 0.569. The minimum Gasteiger partial charge on any atom is -0.265 e. The van der Waals surface area contributed by atoms with Gasteiger partial charge < -0.3 is 0 Å². The van der Waals surface area contributed by atoms with Crippen molar-refractivity contribution >= 4 is 4.99 Å². The predicted octanol–water partition coefficient (Wildman–Crippen LogP) is 1.05. The van der Waals surface area contributed by atoms with Gasteiger partial charge in [0.05, 0.1) is 0 Å². The normalized spacial score (nSPS) is 6.75. The summed E-state index contributed by atoms with van der Waals surface area (Å²) in [5.41, 5.74) is 0. The summed E-state index contributed by atoms with van der Waals surface area (Å²) in [6.07, 6.45) is 3.50. The minimum atomic E-state index is 1.75. The second-order valence-electron chi connectivity index (χ2n) is 1.02. The van der Waals surface area contributed by atoms with Crippen LogP contribution in [0.1, 0.15) is 0 Å². The molecule has 1 nitrogen and oxygen atoms in total. The molecule has 1 rings (SSSR count). The van der Waals surface area contributed by atoms with Gasteiger partial charge in [-0.1, -0.05) is 6.07 Å². The Hall–Kier alpha value is -0.318. The number of nitrogens with zero attached hydrogens (tertiary/aromatic N) is 1. The average Bonchev–Trinajstić information content (AvgIpc) is 1.96. The summed E-state index contributed by atoms with van der Waals surface area (Å²) in [6.45, 7) is 0. The van der Waals surface area contributed by atoms with Crippen LogP contribution in [-0.2, 0) is 18.7 Å². The fourth-order valence-electron chi connectivity index (χ4n) is 0.313. The molecule has 46 valence electrons. The van der Waals surface area contributed by atoms with Crippen LogP contribution >= 0.6 is 0 Å². The number of pyridine rings is 1. The molecule has 0 aliphatic rings. The maximum atomic E-state index is 3.78. The predicted molar refractivity (Wildman–Crippen MR) is 31.4 cm³/mol. The molecule has 0 unspecified atom stereocenters. The molecular formula is C6H7NPd. The monoisotopic (exact) mass is 199 g/mol. The SMILES string of the molecule is [CH2]=[Pd].c1ccncc1. The second-order valence-corrected chi connectivity index (χ2v) is 1.02. The summed E-state index contributed by atoms with van der Waals surface area (Å²) in [5, 5.41) is 0. The Morgan fingerprint density at radius 2 is 1.50 bits per heavy atom. The first-order chi connectivity index (χ1) is 4.00. The van der Waals surface area contributed by atoms with Gasteiger partial charge in [0.2, 0.25) is 0 Å². The standard InChI is InChI=1S/C5H5N.CH2.Pd/c1-2-4-6-5-3-1;;/h1-5H;1H2;. The van der Waals surface area contributed by atoms with Crippen LogP contribution in [0.15, 0.2) is 30.6 Å². The van der Waals surface area contributed by atoms with Crippen molar-refractivity contribution in [3.63, 3.8) is 0 Å². The van der Waals surface area contributed by atoms with Crippen molar-refractivity contribution < 1.29 is 18.7 Å². The first-order valence-corrected chi connectivity index (χ1v) is 3.17. The average molecular weight is 200 g/mol. The van der Waals surface area contributed by atoms with E-state index in [4.69, 9.17) is 0 Å². The maximum Gasteiger partial charge on any atom is 0.0267 e. The maximum absolute atomic E-state index is 3.78. The van der Waals surface area contributed by atoms with E-state index in [2.05, 4.69) is 28.7 Å². The molecule has 8 heavy (non-hydrogen) atoms. The fourth-order valence-corrected chi connectivity index (χ4v) is 0.313. The molecule has 2 heteroatoms. The Balaban J connectivity index is 0.000000222. The van der Waals surface area contributed by atoms with E-state index in [1.54, 1.807) is 12.4 Å². The Kier molecular flexibility index (Phi) is 6.42. The van der Waals surface area contributed by atoms with Gasteiger partial charge in [-0.15, -0.1) is 0 Å². The summed E-state index contributed by atoms with van der Waals surface area (Å²) in [5.74, 6) is 0. The second kappa shape index (κ2) is 6.68. The molecule has 0 atom stereocenters. The van der Waals surface area contributed by atoms with Crippen LogP contribution in [0.4, 0.5) is 0 Å². The molecule has 1 aromatic heterocycles. The molecule has 0 fully saturated rings. The van der Waals surface area contributed by atoms with Crippen molar-refractivity contribution in [2.24, 2.45) is 0 Å². The molecule has 0 radical (unpaired) electrons. The van der Waals surface area contributed by atoms with Crippen LogP contribution in [0.5, 0.6) is 0 Å². The molecule has 0 amide bonds. The van der Waals surface area contributed by atoms with Crippen molar-refractivity contribution in [1.82, 2.24) is 4.98 Å². The van der Waals surface area contributed by atoms with Crippen LogP contribution < -0.4 is 0 Å². The third-order valence-electron chi connectivity index (χ3n) is 0.566. The number of hydrogen-bond donors (Lipinski definition) is 0. The van der Waals surface area contributed by atoms with Crippen LogP contribution in [0, 0.1) is 0 Å². The van der Waals surface area contributed by atoms with Crippen molar-refractivity contribution in [2.45, 2.75) is 0 Å². The summed E-state index contributed by atoms with van der Waals surface area (Å²) in [6, 6.07) is 5.72. The van der Waals surface area contributed by atoms with Crippen molar-refractivity contribution in [1.29, 1.82) is 0 Å². The van der Waals surface area contributed by atoms with Gasteiger partial charge in [-0.2, -0.15) is 0 Å². The zero-order valence-corrected chi connectivity index (χ0v) is 5.91. The van der Waals surface area contributed by atoms with Gasteiger partial charge in [0.15, 0.2) is 0 Å². The van der Waals surface area contributed by atoms with E-state index in [-0.39, 0.29) is 0 Å². The summed E-state index contributed by atoms with van der Waals surface area (Å²) >= 11 is 2.50. The van der Waals surface area contributed by atoms with Crippen LogP contribution in [0.2, 0.25) is 0 Å². The van der Waals surface area contributed by atoms with E-state index >= 15 is 0 Å².